The van der Waals surface area contributed by atoms with Crippen LogP contribution in [0.1, 0.15) is 44.9 Å². The van der Waals surface area contributed by atoms with Gasteiger partial charge in [-0.3, -0.25) is 14.5 Å². The Kier molecular flexibility index (Phi) is 3.28. The van der Waals surface area contributed by atoms with Crippen LogP contribution in [0.3, 0.4) is 0 Å². The van der Waals surface area contributed by atoms with E-state index in [0.29, 0.717) is 19.5 Å². The summed E-state index contributed by atoms with van der Waals surface area (Å²) >= 11 is 0. The molecule has 2 amide bonds. The van der Waals surface area contributed by atoms with Crippen LogP contribution in [0.15, 0.2) is 0 Å². The monoisotopic (exact) mass is 224 g/mol. The van der Waals surface area contributed by atoms with Gasteiger partial charge in [0.15, 0.2) is 0 Å². The first-order chi connectivity index (χ1) is 7.69. The summed E-state index contributed by atoms with van der Waals surface area (Å²) in [5.41, 5.74) is 5.08. The van der Waals surface area contributed by atoms with Gasteiger partial charge >= 0.3 is 0 Å². The highest BCUT2D eigenvalue weighted by atomic mass is 16.2. The van der Waals surface area contributed by atoms with Crippen molar-refractivity contribution in [3.8, 4) is 0 Å². The molecule has 0 aromatic carbocycles. The molecule has 0 unspecified atom stereocenters. The summed E-state index contributed by atoms with van der Waals surface area (Å²) in [4.78, 5) is 25.5. The highest BCUT2D eigenvalue weighted by molar-refractivity contribution is 6.05. The van der Waals surface area contributed by atoms with E-state index in [1.54, 1.807) is 0 Å². The summed E-state index contributed by atoms with van der Waals surface area (Å²) < 4.78 is 0. The number of likely N-dealkylation sites (tertiary alicyclic amines) is 1. The van der Waals surface area contributed by atoms with Gasteiger partial charge < -0.3 is 5.73 Å². The van der Waals surface area contributed by atoms with E-state index < -0.39 is 0 Å². The second-order valence-electron chi connectivity index (χ2n) is 5.01. The lowest BCUT2D eigenvalue weighted by molar-refractivity contribution is -0.141. The lowest BCUT2D eigenvalue weighted by atomic mass is 9.79. The Morgan fingerprint density at radius 3 is 2.31 bits per heavy atom. The summed E-state index contributed by atoms with van der Waals surface area (Å²) in [5.74, 6) is 0.0298. The molecule has 2 fully saturated rings. The molecule has 0 atom stereocenters. The van der Waals surface area contributed by atoms with Crippen molar-refractivity contribution in [2.45, 2.75) is 44.9 Å². The van der Waals surface area contributed by atoms with Gasteiger partial charge in [-0.1, -0.05) is 25.7 Å². The number of hydrogen-bond acceptors (Lipinski definition) is 3. The first-order valence-electron chi connectivity index (χ1n) is 6.24. The number of nitrogens with zero attached hydrogens (tertiary/aromatic N) is 1. The fraction of sp³-hybridized carbons (Fsp3) is 0.833. The lowest BCUT2D eigenvalue weighted by Gasteiger charge is -2.24. The van der Waals surface area contributed by atoms with Crippen LogP contribution < -0.4 is 5.73 Å². The molecule has 0 aromatic rings. The summed E-state index contributed by atoms with van der Waals surface area (Å²) in [6.07, 6.45) is 6.74. The third-order valence-electron chi connectivity index (χ3n) is 3.90. The molecule has 2 aliphatic rings. The molecule has 1 spiro atoms. The molecule has 0 aromatic heterocycles. The molecule has 0 radical (unpaired) electrons. The molecule has 1 aliphatic heterocycles. The van der Waals surface area contributed by atoms with Crippen LogP contribution in [0, 0.1) is 5.41 Å². The van der Waals surface area contributed by atoms with E-state index in [-0.39, 0.29) is 17.2 Å². The van der Waals surface area contributed by atoms with Gasteiger partial charge in [0.1, 0.15) is 0 Å². The Bertz CT molecular complexity index is 293. The van der Waals surface area contributed by atoms with Gasteiger partial charge in [-0.25, -0.2) is 0 Å². The van der Waals surface area contributed by atoms with Crippen LogP contribution in [-0.2, 0) is 9.59 Å². The van der Waals surface area contributed by atoms with E-state index in [1.807, 2.05) is 0 Å². The number of amides is 2. The van der Waals surface area contributed by atoms with Crippen LogP contribution >= 0.6 is 0 Å². The first-order valence-corrected chi connectivity index (χ1v) is 6.24. The minimum absolute atomic E-state index is 0.0163. The zero-order valence-corrected chi connectivity index (χ0v) is 9.71. The van der Waals surface area contributed by atoms with E-state index in [2.05, 4.69) is 0 Å². The van der Waals surface area contributed by atoms with E-state index in [0.717, 1.165) is 25.7 Å². The maximum absolute atomic E-state index is 12.3. The van der Waals surface area contributed by atoms with Crippen LogP contribution in [0.5, 0.6) is 0 Å². The van der Waals surface area contributed by atoms with Crippen LogP contribution in [0.25, 0.3) is 0 Å². The molecule has 1 aliphatic carbocycles. The Balaban J connectivity index is 2.16. The van der Waals surface area contributed by atoms with Gasteiger partial charge in [-0.2, -0.15) is 0 Å². The summed E-state index contributed by atoms with van der Waals surface area (Å²) in [5, 5.41) is 0. The highest BCUT2D eigenvalue weighted by Crippen LogP contribution is 2.44. The normalized spacial score (nSPS) is 25.2. The molecule has 1 heterocycles. The molecule has 2 rings (SSSR count). The molecule has 4 nitrogen and oxygen atoms in total. The Hall–Kier alpha value is -0.900. The Morgan fingerprint density at radius 1 is 1.12 bits per heavy atom. The average Bonchev–Trinajstić information content (AvgIpc) is 2.48. The van der Waals surface area contributed by atoms with E-state index in [4.69, 9.17) is 5.73 Å². The number of rotatable bonds is 2. The third kappa shape index (κ3) is 1.86. The molecule has 1 saturated heterocycles. The van der Waals surface area contributed by atoms with Crippen LogP contribution in [-0.4, -0.2) is 29.8 Å². The van der Waals surface area contributed by atoms with Crippen molar-refractivity contribution in [1.29, 1.82) is 0 Å². The predicted octanol–water partition coefficient (Wildman–Crippen LogP) is 1.04. The highest BCUT2D eigenvalue weighted by Gasteiger charge is 2.50. The number of carbonyl (C=O) groups excluding carboxylic acids is 2. The Labute approximate surface area is 96.2 Å². The van der Waals surface area contributed by atoms with Crippen molar-refractivity contribution >= 4 is 11.8 Å². The minimum atomic E-state index is -0.358. The Morgan fingerprint density at radius 2 is 1.75 bits per heavy atom. The van der Waals surface area contributed by atoms with Gasteiger partial charge in [-0.15, -0.1) is 0 Å². The largest absolute Gasteiger partial charge is 0.329 e. The smallest absolute Gasteiger partial charge is 0.235 e. The number of nitrogens with two attached hydrogens (primary N) is 1. The summed E-state index contributed by atoms with van der Waals surface area (Å²) in [6, 6.07) is 0. The second kappa shape index (κ2) is 4.53. The summed E-state index contributed by atoms with van der Waals surface area (Å²) in [6.45, 7) is 0.757. The fourth-order valence-corrected chi connectivity index (χ4v) is 3.01. The van der Waals surface area contributed by atoms with E-state index in [1.165, 1.54) is 17.7 Å². The quantitative estimate of drug-likeness (QED) is 0.713. The first kappa shape index (κ1) is 11.6. The second-order valence-corrected chi connectivity index (χ2v) is 5.01. The van der Waals surface area contributed by atoms with Crippen molar-refractivity contribution in [3.05, 3.63) is 0 Å². The molecule has 4 heteroatoms. The van der Waals surface area contributed by atoms with Gasteiger partial charge in [0.25, 0.3) is 0 Å². The van der Waals surface area contributed by atoms with Gasteiger partial charge in [0.2, 0.25) is 11.8 Å². The number of imide groups is 1. The van der Waals surface area contributed by atoms with Crippen LogP contribution in [0.4, 0.5) is 0 Å². The standard InChI is InChI=1S/C12H20N2O2/c13-7-8-14-10(15)9-12(11(14)16)5-3-1-2-4-6-12/h1-9,13H2. The molecule has 2 N–H and O–H groups in total. The zero-order valence-electron chi connectivity index (χ0n) is 9.71. The summed E-state index contributed by atoms with van der Waals surface area (Å²) in [7, 11) is 0. The van der Waals surface area contributed by atoms with Crippen molar-refractivity contribution in [3.63, 3.8) is 0 Å². The van der Waals surface area contributed by atoms with Gasteiger partial charge in [0, 0.05) is 19.5 Å². The SMILES string of the molecule is NCCN1C(=O)CC2(CCCCCC2)C1=O. The maximum Gasteiger partial charge on any atom is 0.235 e. The number of hydrogen-bond donors (Lipinski definition) is 1. The van der Waals surface area contributed by atoms with E-state index >= 15 is 0 Å². The molecular formula is C12H20N2O2. The lowest BCUT2D eigenvalue weighted by Crippen LogP contribution is -2.38. The van der Waals surface area contributed by atoms with Crippen LogP contribution in [0.2, 0.25) is 0 Å². The van der Waals surface area contributed by atoms with Crippen molar-refractivity contribution in [1.82, 2.24) is 4.90 Å². The van der Waals surface area contributed by atoms with Gasteiger partial charge in [0.05, 0.1) is 5.41 Å². The molecular weight excluding hydrogens is 204 g/mol. The number of carbonyl (C=O) groups is 2. The minimum Gasteiger partial charge on any atom is -0.329 e. The van der Waals surface area contributed by atoms with Crippen molar-refractivity contribution < 1.29 is 9.59 Å². The molecule has 16 heavy (non-hydrogen) atoms. The van der Waals surface area contributed by atoms with Crippen molar-refractivity contribution in [2.75, 3.05) is 13.1 Å². The zero-order chi connectivity index (χ0) is 11.6. The third-order valence-corrected chi connectivity index (χ3v) is 3.90. The molecule has 0 bridgehead atoms. The molecule has 90 valence electrons. The predicted molar refractivity (Wildman–Crippen MR) is 60.5 cm³/mol. The van der Waals surface area contributed by atoms with Crippen molar-refractivity contribution in [2.24, 2.45) is 11.1 Å². The average molecular weight is 224 g/mol. The topological polar surface area (TPSA) is 63.4 Å². The fourth-order valence-electron chi connectivity index (χ4n) is 3.01. The van der Waals surface area contributed by atoms with E-state index in [9.17, 15) is 9.59 Å². The maximum atomic E-state index is 12.3. The van der Waals surface area contributed by atoms with Gasteiger partial charge in [-0.05, 0) is 12.8 Å². The molecule has 1 saturated carbocycles.